The SMILES string of the molecule is O=C(Nc1ccc(Nc2ccc(-n3cccn3)nn2)cc1)c1cc2ccccn2c1. The van der Waals surface area contributed by atoms with E-state index in [2.05, 4.69) is 25.9 Å². The normalized spacial score (nSPS) is 10.8. The Morgan fingerprint density at radius 2 is 1.73 bits per heavy atom. The van der Waals surface area contributed by atoms with Crippen LogP contribution < -0.4 is 10.6 Å². The molecule has 0 spiro atoms. The van der Waals surface area contributed by atoms with Crippen molar-refractivity contribution in [3.8, 4) is 5.82 Å². The second-order valence-corrected chi connectivity index (χ2v) is 6.65. The van der Waals surface area contributed by atoms with Gasteiger partial charge in [-0.25, -0.2) is 4.68 Å². The van der Waals surface area contributed by atoms with E-state index in [4.69, 9.17) is 0 Å². The minimum Gasteiger partial charge on any atom is -0.339 e. The third-order valence-corrected chi connectivity index (χ3v) is 4.57. The fraction of sp³-hybridized carbons (Fsp3) is 0. The zero-order valence-electron chi connectivity index (χ0n) is 15.8. The molecule has 5 aromatic rings. The van der Waals surface area contributed by atoms with Crippen LogP contribution in [-0.4, -0.2) is 30.3 Å². The molecule has 4 aromatic heterocycles. The molecule has 0 atom stereocenters. The predicted molar refractivity (Wildman–Crippen MR) is 114 cm³/mol. The maximum atomic E-state index is 12.5. The summed E-state index contributed by atoms with van der Waals surface area (Å²) in [5.74, 6) is 1.10. The van der Waals surface area contributed by atoms with Crippen molar-refractivity contribution >= 4 is 28.6 Å². The quantitative estimate of drug-likeness (QED) is 0.471. The van der Waals surface area contributed by atoms with Crippen LogP contribution in [0.1, 0.15) is 10.4 Å². The summed E-state index contributed by atoms with van der Waals surface area (Å²) in [5.41, 5.74) is 3.13. The number of anilines is 3. The van der Waals surface area contributed by atoms with Crippen LogP contribution in [-0.2, 0) is 0 Å². The topological polar surface area (TPSA) is 89.1 Å². The number of aromatic nitrogens is 5. The van der Waals surface area contributed by atoms with Crippen molar-refractivity contribution in [1.29, 1.82) is 0 Å². The average molecular weight is 395 g/mol. The molecule has 0 aliphatic heterocycles. The van der Waals surface area contributed by atoms with Crippen molar-refractivity contribution < 1.29 is 4.79 Å². The van der Waals surface area contributed by atoms with E-state index in [-0.39, 0.29) is 5.91 Å². The second kappa shape index (κ2) is 7.51. The zero-order valence-corrected chi connectivity index (χ0v) is 15.8. The van der Waals surface area contributed by atoms with E-state index in [1.54, 1.807) is 17.1 Å². The Balaban J connectivity index is 1.24. The van der Waals surface area contributed by atoms with Gasteiger partial charge in [-0.2, -0.15) is 5.10 Å². The molecule has 0 bridgehead atoms. The summed E-state index contributed by atoms with van der Waals surface area (Å²) in [4.78, 5) is 12.5. The maximum absolute atomic E-state index is 12.5. The van der Waals surface area contributed by atoms with Gasteiger partial charge in [0.15, 0.2) is 11.6 Å². The highest BCUT2D eigenvalue weighted by Gasteiger charge is 2.09. The Hall–Kier alpha value is -4.46. The standard InChI is InChI=1S/C22H17N7O/c30-22(16-14-19-4-1-2-12-28(19)15-16)25-18-7-5-17(6-8-18)24-20-9-10-21(27-26-20)29-13-3-11-23-29/h1-15H,(H,24,26)(H,25,30). The van der Waals surface area contributed by atoms with Gasteiger partial charge in [-0.3, -0.25) is 4.79 Å². The molecular weight excluding hydrogens is 378 g/mol. The van der Waals surface area contributed by atoms with Gasteiger partial charge in [-0.15, -0.1) is 10.2 Å². The van der Waals surface area contributed by atoms with Crippen LogP contribution in [0.3, 0.4) is 0 Å². The van der Waals surface area contributed by atoms with Crippen molar-refractivity contribution in [3.63, 3.8) is 0 Å². The average Bonchev–Trinajstić information content (AvgIpc) is 3.46. The molecule has 5 rings (SSSR count). The minimum absolute atomic E-state index is 0.153. The van der Waals surface area contributed by atoms with Gasteiger partial charge >= 0.3 is 0 Å². The van der Waals surface area contributed by atoms with Crippen molar-refractivity contribution in [1.82, 2.24) is 24.4 Å². The second-order valence-electron chi connectivity index (χ2n) is 6.65. The number of carbonyl (C=O) groups excluding carboxylic acids is 1. The third-order valence-electron chi connectivity index (χ3n) is 4.57. The van der Waals surface area contributed by atoms with Crippen LogP contribution >= 0.6 is 0 Å². The number of hydrogen-bond donors (Lipinski definition) is 2. The number of carbonyl (C=O) groups is 1. The number of hydrogen-bond acceptors (Lipinski definition) is 5. The number of nitrogens with zero attached hydrogens (tertiary/aromatic N) is 5. The Labute approximate surface area is 171 Å². The number of nitrogens with one attached hydrogen (secondary N) is 2. The Kier molecular flexibility index (Phi) is 4.41. The Morgan fingerprint density at radius 1 is 0.867 bits per heavy atom. The van der Waals surface area contributed by atoms with E-state index in [0.717, 1.165) is 11.2 Å². The van der Waals surface area contributed by atoms with Crippen molar-refractivity contribution in [3.05, 3.63) is 97.1 Å². The summed E-state index contributed by atoms with van der Waals surface area (Å²) in [7, 11) is 0. The molecule has 0 aliphatic rings. The summed E-state index contributed by atoms with van der Waals surface area (Å²) in [6.07, 6.45) is 7.22. The number of amides is 1. The summed E-state index contributed by atoms with van der Waals surface area (Å²) in [6, 6.07) is 20.6. The third kappa shape index (κ3) is 3.61. The zero-order chi connectivity index (χ0) is 20.3. The Bertz CT molecular complexity index is 1260. The number of benzene rings is 1. The molecule has 8 heteroatoms. The molecule has 0 radical (unpaired) electrons. The number of rotatable bonds is 5. The summed E-state index contributed by atoms with van der Waals surface area (Å²) < 4.78 is 3.56. The molecule has 146 valence electrons. The minimum atomic E-state index is -0.153. The van der Waals surface area contributed by atoms with Crippen LogP contribution in [0.2, 0.25) is 0 Å². The molecule has 8 nitrogen and oxygen atoms in total. The molecule has 0 aliphatic carbocycles. The summed E-state index contributed by atoms with van der Waals surface area (Å²) >= 11 is 0. The molecule has 30 heavy (non-hydrogen) atoms. The Morgan fingerprint density at radius 3 is 2.47 bits per heavy atom. The van der Waals surface area contributed by atoms with Crippen LogP contribution in [0.4, 0.5) is 17.2 Å². The summed E-state index contributed by atoms with van der Waals surface area (Å²) in [5, 5.41) is 18.6. The summed E-state index contributed by atoms with van der Waals surface area (Å²) in [6.45, 7) is 0. The van der Waals surface area contributed by atoms with Crippen LogP contribution in [0.15, 0.2) is 91.5 Å². The van der Waals surface area contributed by atoms with E-state index in [1.165, 1.54) is 0 Å². The highest BCUT2D eigenvalue weighted by atomic mass is 16.1. The van der Waals surface area contributed by atoms with Gasteiger partial charge < -0.3 is 15.0 Å². The van der Waals surface area contributed by atoms with Gasteiger partial charge in [0.25, 0.3) is 5.91 Å². The fourth-order valence-corrected chi connectivity index (χ4v) is 3.09. The highest BCUT2D eigenvalue weighted by molar-refractivity contribution is 6.05. The molecule has 4 heterocycles. The van der Waals surface area contributed by atoms with Gasteiger partial charge in [0, 0.05) is 41.7 Å². The van der Waals surface area contributed by atoms with Crippen molar-refractivity contribution in [2.24, 2.45) is 0 Å². The monoisotopic (exact) mass is 395 g/mol. The lowest BCUT2D eigenvalue weighted by molar-refractivity contribution is 0.102. The maximum Gasteiger partial charge on any atom is 0.257 e. The molecule has 1 aromatic carbocycles. The van der Waals surface area contributed by atoms with E-state index < -0.39 is 0 Å². The first-order valence-electron chi connectivity index (χ1n) is 9.33. The lowest BCUT2D eigenvalue weighted by atomic mass is 10.2. The largest absolute Gasteiger partial charge is 0.339 e. The van der Waals surface area contributed by atoms with Gasteiger partial charge in [0.1, 0.15) is 0 Å². The van der Waals surface area contributed by atoms with E-state index in [0.29, 0.717) is 22.9 Å². The first-order valence-corrected chi connectivity index (χ1v) is 9.33. The molecule has 2 N–H and O–H groups in total. The number of fused-ring (bicyclic) bond motifs is 1. The van der Waals surface area contributed by atoms with Gasteiger partial charge in [-0.1, -0.05) is 6.07 Å². The van der Waals surface area contributed by atoms with Crippen molar-refractivity contribution in [2.75, 3.05) is 10.6 Å². The predicted octanol–water partition coefficient (Wildman–Crippen LogP) is 3.91. The van der Waals surface area contributed by atoms with E-state index >= 15 is 0 Å². The lowest BCUT2D eigenvalue weighted by Crippen LogP contribution is -2.10. The van der Waals surface area contributed by atoms with Gasteiger partial charge in [0.2, 0.25) is 0 Å². The van der Waals surface area contributed by atoms with E-state index in [1.807, 2.05) is 83.5 Å². The van der Waals surface area contributed by atoms with E-state index in [9.17, 15) is 4.79 Å². The molecule has 0 saturated heterocycles. The molecule has 0 saturated carbocycles. The molecule has 1 amide bonds. The molecule has 0 unspecified atom stereocenters. The van der Waals surface area contributed by atoms with Gasteiger partial charge in [-0.05, 0) is 60.7 Å². The molecular formula is C22H17N7O. The van der Waals surface area contributed by atoms with Crippen LogP contribution in [0.25, 0.3) is 11.3 Å². The van der Waals surface area contributed by atoms with Gasteiger partial charge in [0.05, 0.1) is 5.56 Å². The smallest absolute Gasteiger partial charge is 0.257 e. The first-order chi connectivity index (χ1) is 14.7. The highest BCUT2D eigenvalue weighted by Crippen LogP contribution is 2.19. The molecule has 0 fully saturated rings. The van der Waals surface area contributed by atoms with Crippen molar-refractivity contribution in [2.45, 2.75) is 0 Å². The fourth-order valence-electron chi connectivity index (χ4n) is 3.09. The van der Waals surface area contributed by atoms with Crippen LogP contribution in [0.5, 0.6) is 0 Å². The number of pyridine rings is 1. The first kappa shape index (κ1) is 17.6. The lowest BCUT2D eigenvalue weighted by Gasteiger charge is -2.08. The van der Waals surface area contributed by atoms with Crippen LogP contribution in [0, 0.1) is 0 Å².